The third kappa shape index (κ3) is 4.04. The van der Waals surface area contributed by atoms with E-state index >= 15 is 0 Å². The van der Waals surface area contributed by atoms with Crippen molar-refractivity contribution >= 4 is 45.8 Å². The molecule has 2 aromatic rings. The molecule has 4 nitrogen and oxygen atoms in total. The minimum atomic E-state index is -0.260. The van der Waals surface area contributed by atoms with Crippen LogP contribution in [0.3, 0.4) is 0 Å². The lowest BCUT2D eigenvalue weighted by atomic mass is 10.1. The lowest BCUT2D eigenvalue weighted by molar-refractivity contribution is 0.102. The van der Waals surface area contributed by atoms with Gasteiger partial charge in [0.05, 0.1) is 18.7 Å². The van der Waals surface area contributed by atoms with Crippen molar-refractivity contribution in [3.8, 4) is 11.5 Å². The fourth-order valence-corrected chi connectivity index (χ4v) is 2.50. The zero-order valence-electron chi connectivity index (χ0n) is 12.2. The Morgan fingerprint density at radius 1 is 1.27 bits per heavy atom. The summed E-state index contributed by atoms with van der Waals surface area (Å²) in [6, 6.07) is 10.7. The van der Waals surface area contributed by atoms with Crippen LogP contribution in [0.4, 0.5) is 5.69 Å². The smallest absolute Gasteiger partial charge is 0.255 e. The second kappa shape index (κ2) is 7.69. The van der Waals surface area contributed by atoms with Gasteiger partial charge in [-0.05, 0) is 65.9 Å². The molecule has 0 aromatic heterocycles. The van der Waals surface area contributed by atoms with Gasteiger partial charge in [-0.3, -0.25) is 4.79 Å². The van der Waals surface area contributed by atoms with Crippen molar-refractivity contribution < 1.29 is 14.3 Å². The average Bonchev–Trinajstić information content (AvgIpc) is 2.51. The summed E-state index contributed by atoms with van der Waals surface area (Å²) < 4.78 is 11.8. The number of nitrogens with one attached hydrogen (secondary N) is 1. The molecule has 0 unspecified atom stereocenters. The van der Waals surface area contributed by atoms with Gasteiger partial charge in [0.1, 0.15) is 0 Å². The van der Waals surface area contributed by atoms with Crippen LogP contribution < -0.4 is 14.8 Å². The summed E-state index contributed by atoms with van der Waals surface area (Å²) in [5, 5.41) is 3.16. The van der Waals surface area contributed by atoms with Gasteiger partial charge < -0.3 is 14.8 Å². The monoisotopic (exact) mass is 431 g/mol. The van der Waals surface area contributed by atoms with E-state index in [1.165, 1.54) is 7.11 Å². The number of hydrogen-bond donors (Lipinski definition) is 1. The van der Waals surface area contributed by atoms with E-state index in [1.54, 1.807) is 12.1 Å². The van der Waals surface area contributed by atoms with Gasteiger partial charge in [-0.2, -0.15) is 0 Å². The molecule has 0 bridgehead atoms. The lowest BCUT2D eigenvalue weighted by Crippen LogP contribution is -2.12. The van der Waals surface area contributed by atoms with Crippen LogP contribution in [0.1, 0.15) is 17.3 Å². The highest BCUT2D eigenvalue weighted by atomic mass is 127. The van der Waals surface area contributed by atoms with Gasteiger partial charge in [0.25, 0.3) is 5.91 Å². The molecule has 2 aromatic carbocycles. The van der Waals surface area contributed by atoms with Gasteiger partial charge >= 0.3 is 0 Å². The van der Waals surface area contributed by atoms with Crippen LogP contribution in [0, 0.1) is 3.57 Å². The predicted molar refractivity (Wildman–Crippen MR) is 96.3 cm³/mol. The van der Waals surface area contributed by atoms with E-state index in [1.807, 2.05) is 31.2 Å². The van der Waals surface area contributed by atoms with Crippen molar-refractivity contribution in [3.63, 3.8) is 0 Å². The first kappa shape index (κ1) is 16.9. The van der Waals surface area contributed by atoms with Crippen LogP contribution in [-0.2, 0) is 0 Å². The standard InChI is InChI=1S/C16H15ClINO3/c1-3-22-15-13(17)8-10(9-14(15)21-2)16(20)19-12-6-4-11(18)5-7-12/h4-9H,3H2,1-2H3,(H,19,20). The maximum Gasteiger partial charge on any atom is 0.255 e. The molecule has 0 saturated heterocycles. The van der Waals surface area contributed by atoms with Gasteiger partial charge in [-0.15, -0.1) is 0 Å². The number of methoxy groups -OCH3 is 1. The van der Waals surface area contributed by atoms with Gasteiger partial charge in [-0.25, -0.2) is 0 Å². The molecule has 2 rings (SSSR count). The van der Waals surface area contributed by atoms with Gasteiger partial charge in [0.2, 0.25) is 0 Å². The SMILES string of the molecule is CCOc1c(Cl)cc(C(=O)Nc2ccc(I)cc2)cc1OC. The Morgan fingerprint density at radius 3 is 2.55 bits per heavy atom. The Hall–Kier alpha value is -1.47. The van der Waals surface area contributed by atoms with Gasteiger partial charge in [0.15, 0.2) is 11.5 Å². The Bertz CT molecular complexity index is 674. The van der Waals surface area contributed by atoms with Crippen molar-refractivity contribution in [3.05, 3.63) is 50.6 Å². The minimum absolute atomic E-state index is 0.260. The molecule has 0 heterocycles. The van der Waals surface area contributed by atoms with E-state index in [2.05, 4.69) is 27.9 Å². The van der Waals surface area contributed by atoms with E-state index in [0.29, 0.717) is 28.7 Å². The molecule has 22 heavy (non-hydrogen) atoms. The summed E-state index contributed by atoms with van der Waals surface area (Å²) >= 11 is 8.38. The van der Waals surface area contributed by atoms with Crippen LogP contribution in [0.2, 0.25) is 5.02 Å². The quantitative estimate of drug-likeness (QED) is 0.704. The first-order chi connectivity index (χ1) is 10.5. The summed E-state index contributed by atoms with van der Waals surface area (Å²) in [7, 11) is 1.51. The van der Waals surface area contributed by atoms with E-state index in [4.69, 9.17) is 21.1 Å². The number of benzene rings is 2. The topological polar surface area (TPSA) is 47.6 Å². The van der Waals surface area contributed by atoms with E-state index < -0.39 is 0 Å². The number of carbonyl (C=O) groups excluding carboxylic acids is 1. The second-order valence-electron chi connectivity index (χ2n) is 4.38. The van der Waals surface area contributed by atoms with Gasteiger partial charge in [0, 0.05) is 14.8 Å². The number of amides is 1. The average molecular weight is 432 g/mol. The zero-order chi connectivity index (χ0) is 16.1. The molecule has 0 aliphatic heterocycles. The molecular weight excluding hydrogens is 417 g/mol. The molecule has 116 valence electrons. The number of anilines is 1. The highest BCUT2D eigenvalue weighted by Crippen LogP contribution is 2.36. The summed E-state index contributed by atoms with van der Waals surface area (Å²) in [5.74, 6) is 0.615. The van der Waals surface area contributed by atoms with Crippen molar-refractivity contribution in [2.24, 2.45) is 0 Å². The maximum atomic E-state index is 12.3. The largest absolute Gasteiger partial charge is 0.493 e. The first-order valence-electron chi connectivity index (χ1n) is 6.62. The Balaban J connectivity index is 2.26. The number of ether oxygens (including phenoxy) is 2. The molecule has 1 N–H and O–H groups in total. The molecular formula is C16H15ClINO3. The Labute approximate surface area is 147 Å². The summed E-state index contributed by atoms with van der Waals surface area (Å²) in [4.78, 5) is 12.3. The molecule has 6 heteroatoms. The third-order valence-corrected chi connectivity index (χ3v) is 3.88. The molecule has 0 atom stereocenters. The maximum absolute atomic E-state index is 12.3. The molecule has 0 spiro atoms. The lowest BCUT2D eigenvalue weighted by Gasteiger charge is -2.13. The highest BCUT2D eigenvalue weighted by Gasteiger charge is 2.15. The van der Waals surface area contributed by atoms with E-state index in [-0.39, 0.29) is 5.91 Å². The van der Waals surface area contributed by atoms with Crippen LogP contribution in [0.15, 0.2) is 36.4 Å². The molecule has 0 saturated carbocycles. The first-order valence-corrected chi connectivity index (χ1v) is 8.08. The van der Waals surface area contributed by atoms with Crippen LogP contribution in [-0.4, -0.2) is 19.6 Å². The number of hydrogen-bond acceptors (Lipinski definition) is 3. The third-order valence-electron chi connectivity index (χ3n) is 2.88. The number of carbonyl (C=O) groups is 1. The summed E-state index contributed by atoms with van der Waals surface area (Å²) in [5.41, 5.74) is 1.12. The number of halogens is 2. The van der Waals surface area contributed by atoms with Crippen LogP contribution in [0.5, 0.6) is 11.5 Å². The second-order valence-corrected chi connectivity index (χ2v) is 6.04. The van der Waals surface area contributed by atoms with Crippen LogP contribution in [0.25, 0.3) is 0 Å². The normalized spacial score (nSPS) is 10.2. The van der Waals surface area contributed by atoms with E-state index in [9.17, 15) is 4.79 Å². The summed E-state index contributed by atoms with van der Waals surface area (Å²) in [6.07, 6.45) is 0. The Morgan fingerprint density at radius 2 is 1.95 bits per heavy atom. The number of rotatable bonds is 5. The van der Waals surface area contributed by atoms with Crippen molar-refractivity contribution in [2.45, 2.75) is 6.92 Å². The molecule has 0 aliphatic rings. The van der Waals surface area contributed by atoms with Crippen molar-refractivity contribution in [2.75, 3.05) is 19.0 Å². The molecule has 0 aliphatic carbocycles. The predicted octanol–water partition coefficient (Wildman–Crippen LogP) is 4.60. The Kier molecular flexibility index (Phi) is 5.90. The summed E-state index contributed by atoms with van der Waals surface area (Å²) in [6.45, 7) is 2.32. The minimum Gasteiger partial charge on any atom is -0.493 e. The van der Waals surface area contributed by atoms with Crippen molar-refractivity contribution in [1.82, 2.24) is 0 Å². The van der Waals surface area contributed by atoms with Crippen LogP contribution >= 0.6 is 34.2 Å². The van der Waals surface area contributed by atoms with Gasteiger partial charge in [-0.1, -0.05) is 11.6 Å². The molecule has 0 radical (unpaired) electrons. The zero-order valence-corrected chi connectivity index (χ0v) is 15.1. The van der Waals surface area contributed by atoms with E-state index in [0.717, 1.165) is 9.26 Å². The fraction of sp³-hybridized carbons (Fsp3) is 0.188. The molecule has 1 amide bonds. The molecule has 0 fully saturated rings. The highest BCUT2D eigenvalue weighted by molar-refractivity contribution is 14.1. The van der Waals surface area contributed by atoms with Crippen molar-refractivity contribution in [1.29, 1.82) is 0 Å². The fourth-order valence-electron chi connectivity index (χ4n) is 1.87.